The number of aliphatic hydroxyl groups excluding tert-OH is 1. The molecule has 1 atom stereocenters. The minimum Gasteiger partial charge on any atom is -0.394 e. The molecule has 0 aliphatic rings. The summed E-state index contributed by atoms with van der Waals surface area (Å²) >= 11 is 9.26. The molecule has 0 aliphatic carbocycles. The summed E-state index contributed by atoms with van der Waals surface area (Å²) in [6, 6.07) is 11.1. The Morgan fingerprint density at radius 3 is 2.74 bits per heavy atom. The Morgan fingerprint density at radius 2 is 2.05 bits per heavy atom. The second kappa shape index (κ2) is 6.37. The van der Waals surface area contributed by atoms with Gasteiger partial charge in [0, 0.05) is 15.2 Å². The number of rotatable bonds is 4. The minimum atomic E-state index is -0.413. The van der Waals surface area contributed by atoms with Crippen molar-refractivity contribution in [3.05, 3.63) is 63.3 Å². The molecule has 0 aromatic heterocycles. The maximum Gasteiger partial charge on any atom is 0.123 e. The van der Waals surface area contributed by atoms with Crippen molar-refractivity contribution in [2.75, 3.05) is 11.9 Å². The van der Waals surface area contributed by atoms with E-state index in [-0.39, 0.29) is 12.4 Å². The largest absolute Gasteiger partial charge is 0.394 e. The van der Waals surface area contributed by atoms with Gasteiger partial charge in [0.2, 0.25) is 0 Å². The molecule has 0 aliphatic heterocycles. The molecular weight excluding hydrogens is 333 g/mol. The van der Waals surface area contributed by atoms with Crippen LogP contribution in [-0.2, 0) is 0 Å². The van der Waals surface area contributed by atoms with E-state index in [4.69, 9.17) is 11.6 Å². The smallest absolute Gasteiger partial charge is 0.123 e. The summed E-state index contributed by atoms with van der Waals surface area (Å²) in [6.07, 6.45) is 0. The van der Waals surface area contributed by atoms with Gasteiger partial charge < -0.3 is 10.4 Å². The molecule has 5 heteroatoms. The Bertz CT molecular complexity index is 579. The number of hydrogen-bond acceptors (Lipinski definition) is 2. The molecule has 0 amide bonds. The van der Waals surface area contributed by atoms with Crippen molar-refractivity contribution < 1.29 is 9.50 Å². The van der Waals surface area contributed by atoms with E-state index in [0.717, 1.165) is 10.2 Å². The van der Waals surface area contributed by atoms with E-state index in [1.165, 1.54) is 12.1 Å². The minimum absolute atomic E-state index is 0.158. The first-order valence-corrected chi connectivity index (χ1v) is 6.85. The highest BCUT2D eigenvalue weighted by Crippen LogP contribution is 2.28. The molecule has 1 unspecified atom stereocenters. The molecule has 0 radical (unpaired) electrons. The lowest BCUT2D eigenvalue weighted by atomic mass is 10.1. The van der Waals surface area contributed by atoms with Gasteiger partial charge in [0.05, 0.1) is 12.6 Å². The molecule has 0 heterocycles. The Hall–Kier alpha value is -1.10. The van der Waals surface area contributed by atoms with Crippen molar-refractivity contribution in [2.45, 2.75) is 6.04 Å². The second-order valence-corrected chi connectivity index (χ2v) is 5.35. The van der Waals surface area contributed by atoms with Gasteiger partial charge in [-0.25, -0.2) is 4.39 Å². The Labute approximate surface area is 124 Å². The molecule has 0 saturated carbocycles. The van der Waals surface area contributed by atoms with E-state index < -0.39 is 6.04 Å². The van der Waals surface area contributed by atoms with Crippen LogP contribution in [0.3, 0.4) is 0 Å². The third-order valence-electron chi connectivity index (χ3n) is 2.68. The highest BCUT2D eigenvalue weighted by atomic mass is 79.9. The van der Waals surface area contributed by atoms with Crippen LogP contribution >= 0.6 is 27.5 Å². The molecule has 0 spiro atoms. The van der Waals surface area contributed by atoms with Crippen LogP contribution in [0.2, 0.25) is 5.02 Å². The van der Waals surface area contributed by atoms with Crippen molar-refractivity contribution in [1.82, 2.24) is 0 Å². The van der Waals surface area contributed by atoms with E-state index in [2.05, 4.69) is 21.2 Å². The maximum absolute atomic E-state index is 13.3. The van der Waals surface area contributed by atoms with E-state index in [0.29, 0.717) is 10.6 Å². The van der Waals surface area contributed by atoms with Gasteiger partial charge in [0.15, 0.2) is 0 Å². The van der Waals surface area contributed by atoms with E-state index in [1.54, 1.807) is 24.3 Å². The SMILES string of the molecule is OCC(Nc1cccc(Cl)c1)c1cc(F)ccc1Br. The van der Waals surface area contributed by atoms with E-state index >= 15 is 0 Å². The summed E-state index contributed by atoms with van der Waals surface area (Å²) < 4.78 is 14.0. The van der Waals surface area contributed by atoms with Crippen LogP contribution in [0.25, 0.3) is 0 Å². The van der Waals surface area contributed by atoms with Crippen molar-refractivity contribution in [1.29, 1.82) is 0 Å². The summed E-state index contributed by atoms with van der Waals surface area (Å²) in [5, 5.41) is 13.2. The third-order valence-corrected chi connectivity index (χ3v) is 3.64. The molecule has 2 rings (SSSR count). The van der Waals surface area contributed by atoms with Crippen LogP contribution in [0.5, 0.6) is 0 Å². The van der Waals surface area contributed by atoms with Gasteiger partial charge in [-0.2, -0.15) is 0 Å². The van der Waals surface area contributed by atoms with Crippen LogP contribution in [0.4, 0.5) is 10.1 Å². The number of aliphatic hydroxyl groups is 1. The van der Waals surface area contributed by atoms with Gasteiger partial charge in [0.25, 0.3) is 0 Å². The lowest BCUT2D eigenvalue weighted by Gasteiger charge is -2.19. The van der Waals surface area contributed by atoms with Gasteiger partial charge in [-0.15, -0.1) is 0 Å². The summed E-state index contributed by atoms with van der Waals surface area (Å²) in [5.41, 5.74) is 1.42. The summed E-state index contributed by atoms with van der Waals surface area (Å²) in [6.45, 7) is -0.158. The van der Waals surface area contributed by atoms with Gasteiger partial charge in [-0.1, -0.05) is 33.6 Å². The fourth-order valence-corrected chi connectivity index (χ4v) is 2.50. The first-order chi connectivity index (χ1) is 9.10. The number of hydrogen-bond donors (Lipinski definition) is 2. The van der Waals surface area contributed by atoms with Crippen molar-refractivity contribution >= 4 is 33.2 Å². The van der Waals surface area contributed by atoms with Crippen molar-refractivity contribution in [2.24, 2.45) is 0 Å². The lowest BCUT2D eigenvalue weighted by Crippen LogP contribution is -2.15. The fraction of sp³-hybridized carbons (Fsp3) is 0.143. The number of nitrogens with one attached hydrogen (secondary N) is 1. The summed E-state index contributed by atoms with van der Waals surface area (Å²) in [5.74, 6) is -0.343. The predicted molar refractivity (Wildman–Crippen MR) is 79.0 cm³/mol. The zero-order chi connectivity index (χ0) is 13.8. The standard InChI is InChI=1S/C14H12BrClFNO/c15-13-5-4-10(17)7-12(13)14(8-19)18-11-3-1-2-9(16)6-11/h1-7,14,18-19H,8H2. The third kappa shape index (κ3) is 3.69. The number of benzene rings is 2. The average molecular weight is 345 g/mol. The average Bonchev–Trinajstić information content (AvgIpc) is 2.39. The van der Waals surface area contributed by atoms with E-state index in [1.807, 2.05) is 6.07 Å². The van der Waals surface area contributed by atoms with Crippen LogP contribution < -0.4 is 5.32 Å². The Kier molecular flexibility index (Phi) is 4.80. The highest BCUT2D eigenvalue weighted by molar-refractivity contribution is 9.10. The molecule has 100 valence electrons. The molecule has 2 aromatic rings. The quantitative estimate of drug-likeness (QED) is 0.862. The van der Waals surface area contributed by atoms with Crippen LogP contribution in [0.1, 0.15) is 11.6 Å². The summed E-state index contributed by atoms with van der Waals surface area (Å²) in [4.78, 5) is 0. The first-order valence-electron chi connectivity index (χ1n) is 5.68. The zero-order valence-electron chi connectivity index (χ0n) is 9.91. The topological polar surface area (TPSA) is 32.3 Å². The van der Waals surface area contributed by atoms with Crippen molar-refractivity contribution in [3.8, 4) is 0 Å². The number of halogens is 3. The Morgan fingerprint density at radius 1 is 1.26 bits per heavy atom. The van der Waals surface area contributed by atoms with Gasteiger partial charge >= 0.3 is 0 Å². The second-order valence-electron chi connectivity index (χ2n) is 4.06. The van der Waals surface area contributed by atoms with Crippen LogP contribution in [-0.4, -0.2) is 11.7 Å². The fourth-order valence-electron chi connectivity index (χ4n) is 1.78. The monoisotopic (exact) mass is 343 g/mol. The van der Waals surface area contributed by atoms with Crippen molar-refractivity contribution in [3.63, 3.8) is 0 Å². The molecule has 2 N–H and O–H groups in total. The zero-order valence-corrected chi connectivity index (χ0v) is 12.2. The predicted octanol–water partition coefficient (Wildman–Crippen LogP) is 4.39. The highest BCUT2D eigenvalue weighted by Gasteiger charge is 2.14. The van der Waals surface area contributed by atoms with Crippen LogP contribution in [0.15, 0.2) is 46.9 Å². The van der Waals surface area contributed by atoms with E-state index in [9.17, 15) is 9.50 Å². The molecule has 0 saturated heterocycles. The molecular formula is C14H12BrClFNO. The van der Waals surface area contributed by atoms with Gasteiger partial charge in [0.1, 0.15) is 5.82 Å². The maximum atomic E-state index is 13.3. The van der Waals surface area contributed by atoms with Crippen LogP contribution in [0, 0.1) is 5.82 Å². The molecule has 0 fully saturated rings. The normalized spacial score (nSPS) is 12.2. The molecule has 2 nitrogen and oxygen atoms in total. The first kappa shape index (κ1) is 14.3. The lowest BCUT2D eigenvalue weighted by molar-refractivity contribution is 0.276. The Balaban J connectivity index is 2.27. The van der Waals surface area contributed by atoms with Gasteiger partial charge in [-0.05, 0) is 42.0 Å². The number of anilines is 1. The molecule has 19 heavy (non-hydrogen) atoms. The molecule has 2 aromatic carbocycles. The summed E-state index contributed by atoms with van der Waals surface area (Å²) in [7, 11) is 0. The molecule has 0 bridgehead atoms. The van der Waals surface area contributed by atoms with Gasteiger partial charge in [-0.3, -0.25) is 0 Å².